The zero-order valence-electron chi connectivity index (χ0n) is 19.9. The van der Waals surface area contributed by atoms with E-state index in [-0.39, 0.29) is 35.3 Å². The third-order valence-corrected chi connectivity index (χ3v) is 6.03. The Labute approximate surface area is 223 Å². The van der Waals surface area contributed by atoms with Gasteiger partial charge >= 0.3 is 17.5 Å². The van der Waals surface area contributed by atoms with Gasteiger partial charge < -0.3 is 14.2 Å². The average molecular weight is 580 g/mol. The molecule has 2 aromatic carbocycles. The minimum atomic E-state index is -4.89. The Morgan fingerprint density at radius 1 is 1.08 bits per heavy atom. The molecule has 38 heavy (non-hydrogen) atoms. The molecule has 0 fully saturated rings. The molecule has 7 nitrogen and oxygen atoms in total. The van der Waals surface area contributed by atoms with Crippen LogP contribution in [0, 0.1) is 0 Å². The van der Waals surface area contributed by atoms with Gasteiger partial charge in [-0.25, -0.2) is 0 Å². The molecule has 1 aliphatic rings. The van der Waals surface area contributed by atoms with Crippen molar-refractivity contribution in [3.05, 3.63) is 69.8 Å². The predicted octanol–water partition coefficient (Wildman–Crippen LogP) is 6.74. The molecule has 0 N–H and O–H groups in total. The maximum Gasteiger partial charge on any atom is 0.420 e. The highest BCUT2D eigenvalue weighted by Crippen LogP contribution is 2.49. The molecule has 2 heterocycles. The Kier molecular flexibility index (Phi) is 7.87. The molecule has 0 bridgehead atoms. The second-order valence-corrected chi connectivity index (χ2v) is 8.99. The lowest BCUT2D eigenvalue weighted by atomic mass is 9.94. The van der Waals surface area contributed by atoms with E-state index in [1.165, 1.54) is 37.3 Å². The molecule has 1 aromatic heterocycles. The van der Waals surface area contributed by atoms with Crippen LogP contribution in [0.1, 0.15) is 60.8 Å². The summed E-state index contributed by atoms with van der Waals surface area (Å²) in [4.78, 5) is 12.4. The molecule has 0 unspecified atom stereocenters. The van der Waals surface area contributed by atoms with E-state index in [9.17, 15) is 26.7 Å². The highest BCUT2D eigenvalue weighted by molar-refractivity contribution is 6.30. The van der Waals surface area contributed by atoms with Crippen LogP contribution in [-0.2, 0) is 25.8 Å². The molecular weight excluding hydrogens is 560 g/mol. The number of fused-ring (bicyclic) bond motifs is 3. The van der Waals surface area contributed by atoms with E-state index >= 15 is 0 Å². The number of aromatic nitrogens is 3. The number of nitrogens with zero attached hydrogens (tertiary/aromatic N) is 3. The van der Waals surface area contributed by atoms with E-state index in [1.54, 1.807) is 6.92 Å². The first-order valence-electron chi connectivity index (χ1n) is 11.3. The Morgan fingerprint density at radius 2 is 1.82 bits per heavy atom. The lowest BCUT2D eigenvalue weighted by Crippen LogP contribution is -2.20. The van der Waals surface area contributed by atoms with Gasteiger partial charge in [0.15, 0.2) is 5.82 Å². The van der Waals surface area contributed by atoms with Crippen LogP contribution in [0.3, 0.4) is 0 Å². The largest absolute Gasteiger partial charge is 0.493 e. The molecule has 0 radical (unpaired) electrons. The number of hydrogen-bond donors (Lipinski definition) is 0. The molecule has 0 aliphatic carbocycles. The van der Waals surface area contributed by atoms with Gasteiger partial charge in [-0.05, 0) is 49.7 Å². The molecule has 3 aromatic rings. The molecule has 0 spiro atoms. The maximum absolute atomic E-state index is 14.4. The van der Waals surface area contributed by atoms with Gasteiger partial charge in [-0.15, -0.1) is 10.2 Å². The zero-order valence-corrected chi connectivity index (χ0v) is 21.4. The van der Waals surface area contributed by atoms with Crippen molar-refractivity contribution in [2.45, 2.75) is 44.0 Å². The first kappa shape index (κ1) is 28.1. The summed E-state index contributed by atoms with van der Waals surface area (Å²) in [5.41, 5.74) is -1.60. The number of alkyl halides is 6. The van der Waals surface area contributed by atoms with Gasteiger partial charge in [-0.3, -0.25) is 9.36 Å². The van der Waals surface area contributed by atoms with Crippen LogP contribution in [-0.4, -0.2) is 33.9 Å². The van der Waals surface area contributed by atoms with Crippen LogP contribution in [0.2, 0.25) is 5.02 Å². The fraction of sp³-hybridized carbons (Fsp3) is 0.375. The molecule has 14 heteroatoms. The molecule has 1 aliphatic heterocycles. The SMILES string of the molecule is CCOC(=O)C[C@H]1O[C@H](c2cccc(OCC)c2C(F)(F)F)c2cc(Cl)ccc2-n2c1nnc2C(F)(F)Cl. The number of benzene rings is 2. The van der Waals surface area contributed by atoms with E-state index in [1.807, 2.05) is 0 Å². The Bertz CT molecular complexity index is 1340. The molecule has 204 valence electrons. The first-order valence-corrected chi connectivity index (χ1v) is 12.1. The predicted molar refractivity (Wildman–Crippen MR) is 126 cm³/mol. The summed E-state index contributed by atoms with van der Waals surface area (Å²) in [7, 11) is 0. The maximum atomic E-state index is 14.4. The number of halogens is 7. The van der Waals surface area contributed by atoms with Gasteiger partial charge in [0.05, 0.1) is 25.3 Å². The zero-order chi connectivity index (χ0) is 27.8. The van der Waals surface area contributed by atoms with Crippen LogP contribution in [0.25, 0.3) is 5.69 Å². The number of carbonyl (C=O) groups excluding carboxylic acids is 1. The Hall–Kier alpha value is -2.96. The smallest absolute Gasteiger partial charge is 0.420 e. The van der Waals surface area contributed by atoms with Crippen LogP contribution >= 0.6 is 23.2 Å². The van der Waals surface area contributed by atoms with Crippen LogP contribution < -0.4 is 4.74 Å². The monoisotopic (exact) mass is 579 g/mol. The topological polar surface area (TPSA) is 75.5 Å². The third kappa shape index (κ3) is 5.43. The quantitative estimate of drug-likeness (QED) is 0.175. The summed E-state index contributed by atoms with van der Waals surface area (Å²) in [6.45, 7) is 3.02. The van der Waals surface area contributed by atoms with Gasteiger partial charge in [0.25, 0.3) is 0 Å². The lowest BCUT2D eigenvalue weighted by molar-refractivity contribution is -0.149. The van der Waals surface area contributed by atoms with Gasteiger partial charge in [-0.2, -0.15) is 22.0 Å². The van der Waals surface area contributed by atoms with Crippen molar-refractivity contribution in [1.82, 2.24) is 14.8 Å². The summed E-state index contributed by atoms with van der Waals surface area (Å²) >= 11 is 11.5. The van der Waals surface area contributed by atoms with Gasteiger partial charge in [0.2, 0.25) is 5.82 Å². The van der Waals surface area contributed by atoms with E-state index in [0.717, 1.165) is 10.6 Å². The van der Waals surface area contributed by atoms with Crippen molar-refractivity contribution in [2.24, 2.45) is 0 Å². The summed E-state index contributed by atoms with van der Waals surface area (Å²) in [5, 5.41) is 3.34. The molecule has 2 atom stereocenters. The van der Waals surface area contributed by atoms with Crippen molar-refractivity contribution >= 4 is 29.2 Å². The van der Waals surface area contributed by atoms with E-state index < -0.39 is 58.9 Å². The normalized spacial score (nSPS) is 17.4. The number of esters is 1. The number of ether oxygens (including phenoxy) is 3. The Morgan fingerprint density at radius 3 is 2.45 bits per heavy atom. The summed E-state index contributed by atoms with van der Waals surface area (Å²) in [6, 6.07) is 7.60. The van der Waals surface area contributed by atoms with Crippen LogP contribution in [0.15, 0.2) is 36.4 Å². The summed E-state index contributed by atoms with van der Waals surface area (Å²) < 4.78 is 89.1. The Balaban J connectivity index is 2.03. The average Bonchev–Trinajstić information content (AvgIpc) is 3.22. The van der Waals surface area contributed by atoms with Gasteiger partial charge in [0.1, 0.15) is 23.5 Å². The van der Waals surface area contributed by atoms with Gasteiger partial charge in [-0.1, -0.05) is 23.7 Å². The lowest BCUT2D eigenvalue weighted by Gasteiger charge is -2.26. The third-order valence-electron chi connectivity index (χ3n) is 5.62. The standard InChI is InChI=1S/C24H20Cl2F5N3O4/c1-3-36-16-7-5-6-13(19(16)24(29,30)31)20-14-10-12(25)8-9-15(14)34-21(32-33-22(34)23(26,27)28)17(38-20)11-18(35)37-4-2/h5-10,17,20H,3-4,11H2,1-2H3/t17-,20-/m1/s1. The minimum Gasteiger partial charge on any atom is -0.493 e. The fourth-order valence-corrected chi connectivity index (χ4v) is 4.56. The van der Waals surface area contributed by atoms with Crippen LogP contribution in [0.5, 0.6) is 5.75 Å². The summed E-state index contributed by atoms with van der Waals surface area (Å²) in [5.74, 6) is -2.56. The molecule has 0 saturated carbocycles. The van der Waals surface area contributed by atoms with E-state index in [2.05, 4.69) is 10.2 Å². The van der Waals surface area contributed by atoms with E-state index in [0.29, 0.717) is 0 Å². The van der Waals surface area contributed by atoms with Crippen molar-refractivity contribution in [3.8, 4) is 11.4 Å². The molecule has 4 rings (SSSR count). The van der Waals surface area contributed by atoms with Gasteiger partial charge in [0, 0.05) is 16.1 Å². The fourth-order valence-electron chi connectivity index (χ4n) is 4.26. The highest BCUT2D eigenvalue weighted by Gasteiger charge is 2.45. The second kappa shape index (κ2) is 10.7. The minimum absolute atomic E-state index is 0.00285. The highest BCUT2D eigenvalue weighted by atomic mass is 35.5. The second-order valence-electron chi connectivity index (χ2n) is 8.08. The van der Waals surface area contributed by atoms with E-state index in [4.69, 9.17) is 37.4 Å². The molecule has 0 saturated heterocycles. The number of carbonyl (C=O) groups is 1. The van der Waals surface area contributed by atoms with Crippen molar-refractivity contribution in [2.75, 3.05) is 13.2 Å². The number of rotatable bonds is 7. The van der Waals surface area contributed by atoms with Crippen molar-refractivity contribution in [3.63, 3.8) is 0 Å². The van der Waals surface area contributed by atoms with Crippen molar-refractivity contribution < 1.29 is 41.0 Å². The van der Waals surface area contributed by atoms with Crippen molar-refractivity contribution in [1.29, 1.82) is 0 Å². The molecule has 0 amide bonds. The molecular formula is C24H20Cl2F5N3O4. The summed E-state index contributed by atoms with van der Waals surface area (Å²) in [6.07, 6.45) is -8.47. The number of hydrogen-bond acceptors (Lipinski definition) is 6. The van der Waals surface area contributed by atoms with Crippen LogP contribution in [0.4, 0.5) is 22.0 Å². The first-order chi connectivity index (χ1) is 17.9.